The Labute approximate surface area is 172 Å². The van der Waals surface area contributed by atoms with Gasteiger partial charge < -0.3 is 10.2 Å². The van der Waals surface area contributed by atoms with Crippen LogP contribution in [0.2, 0.25) is 0 Å². The van der Waals surface area contributed by atoms with Crippen LogP contribution < -0.4 is 10.2 Å². The second-order valence-electron chi connectivity index (χ2n) is 7.94. The van der Waals surface area contributed by atoms with E-state index in [2.05, 4.69) is 32.3 Å². The SMILES string of the molecule is Cc1ccc2nc(C)cc(C(=O)NCc3ccc(N4CCCCCC4)nc3)c2c1. The van der Waals surface area contributed by atoms with E-state index in [1.54, 1.807) is 0 Å². The molecule has 0 atom stereocenters. The van der Waals surface area contributed by atoms with E-state index in [1.165, 1.54) is 25.7 Å². The molecule has 3 heterocycles. The van der Waals surface area contributed by atoms with Crippen molar-refractivity contribution in [3.05, 3.63) is 65.0 Å². The normalized spacial score (nSPS) is 14.6. The zero-order valence-electron chi connectivity index (χ0n) is 17.2. The van der Waals surface area contributed by atoms with Crippen LogP contribution in [0.25, 0.3) is 10.9 Å². The summed E-state index contributed by atoms with van der Waals surface area (Å²) in [6, 6.07) is 12.0. The summed E-state index contributed by atoms with van der Waals surface area (Å²) >= 11 is 0. The lowest BCUT2D eigenvalue weighted by molar-refractivity contribution is 0.0952. The van der Waals surface area contributed by atoms with Crippen LogP contribution in [-0.2, 0) is 6.54 Å². The highest BCUT2D eigenvalue weighted by Crippen LogP contribution is 2.21. The predicted molar refractivity (Wildman–Crippen MR) is 117 cm³/mol. The summed E-state index contributed by atoms with van der Waals surface area (Å²) in [5, 5.41) is 3.93. The molecule has 150 valence electrons. The van der Waals surface area contributed by atoms with E-state index in [9.17, 15) is 4.79 Å². The van der Waals surface area contributed by atoms with Gasteiger partial charge >= 0.3 is 0 Å². The van der Waals surface area contributed by atoms with E-state index in [-0.39, 0.29) is 5.91 Å². The maximum absolute atomic E-state index is 12.9. The van der Waals surface area contributed by atoms with Gasteiger partial charge in [0.2, 0.25) is 0 Å². The predicted octanol–water partition coefficient (Wildman–Crippen LogP) is 4.56. The van der Waals surface area contributed by atoms with Crippen molar-refractivity contribution in [2.24, 2.45) is 0 Å². The largest absolute Gasteiger partial charge is 0.357 e. The fourth-order valence-corrected chi connectivity index (χ4v) is 3.95. The summed E-state index contributed by atoms with van der Waals surface area (Å²) in [5.74, 6) is 0.955. The summed E-state index contributed by atoms with van der Waals surface area (Å²) < 4.78 is 0. The Hall–Kier alpha value is -2.95. The van der Waals surface area contributed by atoms with Gasteiger partial charge in [0.05, 0.1) is 11.1 Å². The number of fused-ring (bicyclic) bond motifs is 1. The Morgan fingerprint density at radius 2 is 1.83 bits per heavy atom. The Morgan fingerprint density at radius 3 is 2.55 bits per heavy atom. The second-order valence-corrected chi connectivity index (χ2v) is 7.94. The van der Waals surface area contributed by atoms with Crippen molar-refractivity contribution in [2.75, 3.05) is 18.0 Å². The summed E-state index contributed by atoms with van der Waals surface area (Å²) in [4.78, 5) is 24.4. The first-order chi connectivity index (χ1) is 14.1. The van der Waals surface area contributed by atoms with Gasteiger partial charge in [-0.1, -0.05) is 30.5 Å². The Balaban J connectivity index is 1.46. The molecule has 0 radical (unpaired) electrons. The molecular weight excluding hydrogens is 360 g/mol. The second kappa shape index (κ2) is 8.60. The van der Waals surface area contributed by atoms with E-state index in [1.807, 2.05) is 44.3 Å². The average molecular weight is 389 g/mol. The molecule has 1 fully saturated rings. The molecule has 0 unspecified atom stereocenters. The highest BCUT2D eigenvalue weighted by atomic mass is 16.1. The fourth-order valence-electron chi connectivity index (χ4n) is 3.95. The third-order valence-electron chi connectivity index (χ3n) is 5.53. The lowest BCUT2D eigenvalue weighted by Gasteiger charge is -2.21. The maximum Gasteiger partial charge on any atom is 0.252 e. The van der Waals surface area contributed by atoms with Crippen molar-refractivity contribution in [3.63, 3.8) is 0 Å². The van der Waals surface area contributed by atoms with Crippen LogP contribution in [0, 0.1) is 13.8 Å². The number of rotatable bonds is 4. The van der Waals surface area contributed by atoms with Gasteiger partial charge in [0.25, 0.3) is 5.91 Å². The molecule has 1 aromatic carbocycles. The Kier molecular flexibility index (Phi) is 5.74. The maximum atomic E-state index is 12.9. The van der Waals surface area contributed by atoms with Gasteiger partial charge in [-0.15, -0.1) is 0 Å². The van der Waals surface area contributed by atoms with Gasteiger partial charge in [-0.25, -0.2) is 4.98 Å². The molecule has 1 N–H and O–H groups in total. The molecule has 0 spiro atoms. The number of aromatic nitrogens is 2. The molecule has 0 bridgehead atoms. The van der Waals surface area contributed by atoms with Gasteiger partial charge in [-0.05, 0) is 56.5 Å². The average Bonchev–Trinajstić information content (AvgIpc) is 3.02. The highest BCUT2D eigenvalue weighted by Gasteiger charge is 2.13. The molecule has 1 aliphatic heterocycles. The Morgan fingerprint density at radius 1 is 1.03 bits per heavy atom. The lowest BCUT2D eigenvalue weighted by Crippen LogP contribution is -2.25. The number of hydrogen-bond donors (Lipinski definition) is 1. The van der Waals surface area contributed by atoms with Crippen molar-refractivity contribution >= 4 is 22.6 Å². The molecule has 4 rings (SSSR count). The molecule has 2 aromatic heterocycles. The number of benzene rings is 1. The number of hydrogen-bond acceptors (Lipinski definition) is 4. The number of anilines is 1. The first kappa shape index (κ1) is 19.4. The first-order valence-electron chi connectivity index (χ1n) is 10.5. The van der Waals surface area contributed by atoms with Crippen molar-refractivity contribution in [1.82, 2.24) is 15.3 Å². The molecule has 29 heavy (non-hydrogen) atoms. The van der Waals surface area contributed by atoms with E-state index >= 15 is 0 Å². The minimum atomic E-state index is -0.0808. The topological polar surface area (TPSA) is 58.1 Å². The van der Waals surface area contributed by atoms with E-state index in [0.29, 0.717) is 12.1 Å². The van der Waals surface area contributed by atoms with Crippen LogP contribution in [0.4, 0.5) is 5.82 Å². The van der Waals surface area contributed by atoms with E-state index in [0.717, 1.165) is 46.6 Å². The minimum Gasteiger partial charge on any atom is -0.357 e. The van der Waals surface area contributed by atoms with Gasteiger partial charge in [0.1, 0.15) is 5.82 Å². The van der Waals surface area contributed by atoms with Gasteiger partial charge in [-0.2, -0.15) is 0 Å². The number of pyridine rings is 2. The van der Waals surface area contributed by atoms with Crippen LogP contribution in [0.15, 0.2) is 42.6 Å². The number of amides is 1. The molecule has 0 aliphatic carbocycles. The molecule has 1 amide bonds. The van der Waals surface area contributed by atoms with E-state index < -0.39 is 0 Å². The zero-order chi connectivity index (χ0) is 20.2. The molecule has 1 aliphatic rings. The van der Waals surface area contributed by atoms with Crippen LogP contribution in [-0.4, -0.2) is 29.0 Å². The molecule has 5 nitrogen and oxygen atoms in total. The molecule has 5 heteroatoms. The number of nitrogens with one attached hydrogen (secondary N) is 1. The molecule has 0 saturated carbocycles. The highest BCUT2D eigenvalue weighted by molar-refractivity contribution is 6.06. The lowest BCUT2D eigenvalue weighted by atomic mass is 10.0. The van der Waals surface area contributed by atoms with Gasteiger partial charge in [0, 0.05) is 36.9 Å². The standard InChI is InChI=1S/C24H28N4O/c1-17-7-9-22-20(13-17)21(14-18(2)27-22)24(29)26-16-19-8-10-23(25-15-19)28-11-5-3-4-6-12-28/h7-10,13-15H,3-6,11-12,16H2,1-2H3,(H,26,29). The van der Waals surface area contributed by atoms with Gasteiger partial charge in [0.15, 0.2) is 0 Å². The number of aryl methyl sites for hydroxylation is 2. The fraction of sp³-hybridized carbons (Fsp3) is 0.375. The molecule has 1 saturated heterocycles. The summed E-state index contributed by atoms with van der Waals surface area (Å²) in [5.41, 5.74) is 4.48. The van der Waals surface area contributed by atoms with Crippen LogP contribution in [0.1, 0.15) is 52.9 Å². The first-order valence-corrected chi connectivity index (χ1v) is 10.5. The van der Waals surface area contributed by atoms with Crippen molar-refractivity contribution < 1.29 is 4.79 Å². The van der Waals surface area contributed by atoms with Crippen molar-refractivity contribution in [3.8, 4) is 0 Å². The summed E-state index contributed by atoms with van der Waals surface area (Å²) in [6.07, 6.45) is 6.96. The zero-order valence-corrected chi connectivity index (χ0v) is 17.2. The van der Waals surface area contributed by atoms with Crippen LogP contribution in [0.5, 0.6) is 0 Å². The quantitative estimate of drug-likeness (QED) is 0.712. The van der Waals surface area contributed by atoms with Crippen LogP contribution in [0.3, 0.4) is 0 Å². The minimum absolute atomic E-state index is 0.0808. The summed E-state index contributed by atoms with van der Waals surface area (Å²) in [7, 11) is 0. The number of carbonyl (C=O) groups excluding carboxylic acids is 1. The number of nitrogens with zero attached hydrogens (tertiary/aromatic N) is 3. The summed E-state index contributed by atoms with van der Waals surface area (Å²) in [6.45, 7) is 6.56. The molecular formula is C24H28N4O. The Bertz CT molecular complexity index is 1010. The molecule has 3 aromatic rings. The monoisotopic (exact) mass is 388 g/mol. The van der Waals surface area contributed by atoms with Gasteiger partial charge in [-0.3, -0.25) is 9.78 Å². The third-order valence-corrected chi connectivity index (χ3v) is 5.53. The third kappa shape index (κ3) is 4.56. The smallest absolute Gasteiger partial charge is 0.252 e. The van der Waals surface area contributed by atoms with Crippen molar-refractivity contribution in [2.45, 2.75) is 46.1 Å². The number of carbonyl (C=O) groups is 1. The van der Waals surface area contributed by atoms with Crippen molar-refractivity contribution in [1.29, 1.82) is 0 Å². The van der Waals surface area contributed by atoms with E-state index in [4.69, 9.17) is 0 Å². The van der Waals surface area contributed by atoms with Crippen LogP contribution >= 0.6 is 0 Å².